The zero-order valence-corrected chi connectivity index (χ0v) is 15.3. The van der Waals surface area contributed by atoms with Crippen LogP contribution in [-0.2, 0) is 4.74 Å². The van der Waals surface area contributed by atoms with Gasteiger partial charge in [-0.25, -0.2) is 9.18 Å². The van der Waals surface area contributed by atoms with E-state index in [4.69, 9.17) is 16.3 Å². The van der Waals surface area contributed by atoms with Crippen molar-refractivity contribution in [2.75, 3.05) is 13.1 Å². The van der Waals surface area contributed by atoms with E-state index in [2.05, 4.69) is 10.6 Å². The van der Waals surface area contributed by atoms with Gasteiger partial charge in [0, 0.05) is 16.7 Å². The molecular formula is C14H17ClFIN2O3. The first-order chi connectivity index (χ1) is 10.1. The first-order valence-electron chi connectivity index (χ1n) is 6.50. The fourth-order valence-electron chi connectivity index (χ4n) is 1.45. The second-order valence-corrected chi connectivity index (χ2v) is 7.00. The van der Waals surface area contributed by atoms with Gasteiger partial charge >= 0.3 is 6.09 Å². The molecule has 0 bridgehead atoms. The lowest BCUT2D eigenvalue weighted by Gasteiger charge is -2.19. The lowest BCUT2D eigenvalue weighted by molar-refractivity contribution is 0.0526. The van der Waals surface area contributed by atoms with Gasteiger partial charge in [-0.1, -0.05) is 11.6 Å². The maximum atomic E-state index is 13.3. The van der Waals surface area contributed by atoms with Crippen LogP contribution in [0.15, 0.2) is 12.1 Å². The standard InChI is InChI=1S/C14H17ClFIN2O3/c1-14(2,3)22-13(21)19-5-4-18-12(20)8-6-11(17)10(16)7-9(8)15/h6-7H,4-5H2,1-3H3,(H,18,20)(H,19,21). The molecule has 2 amide bonds. The highest BCUT2D eigenvalue weighted by Gasteiger charge is 2.16. The summed E-state index contributed by atoms with van der Waals surface area (Å²) in [6.45, 7) is 5.67. The zero-order valence-electron chi connectivity index (χ0n) is 12.4. The molecule has 0 saturated carbocycles. The Bertz CT molecular complexity index is 576. The third-order valence-electron chi connectivity index (χ3n) is 2.33. The number of rotatable bonds is 4. The predicted octanol–water partition coefficient (Wildman–Crippen LogP) is 3.34. The molecule has 0 aliphatic carbocycles. The van der Waals surface area contributed by atoms with Crippen molar-refractivity contribution in [1.29, 1.82) is 0 Å². The first kappa shape index (κ1) is 19.0. The third kappa shape index (κ3) is 6.35. The molecule has 122 valence electrons. The van der Waals surface area contributed by atoms with Crippen LogP contribution in [0, 0.1) is 9.39 Å². The van der Waals surface area contributed by atoms with E-state index in [9.17, 15) is 14.0 Å². The largest absolute Gasteiger partial charge is 0.444 e. The summed E-state index contributed by atoms with van der Waals surface area (Å²) in [6, 6.07) is 2.46. The molecule has 1 aromatic carbocycles. The Kier molecular flexibility index (Phi) is 6.86. The summed E-state index contributed by atoms with van der Waals surface area (Å²) in [5.74, 6) is -0.914. The van der Waals surface area contributed by atoms with Crippen LogP contribution in [-0.4, -0.2) is 30.7 Å². The van der Waals surface area contributed by atoms with Gasteiger partial charge in [0.2, 0.25) is 0 Å². The van der Waals surface area contributed by atoms with Gasteiger partial charge in [-0.15, -0.1) is 0 Å². The van der Waals surface area contributed by atoms with Crippen LogP contribution in [0.1, 0.15) is 31.1 Å². The SMILES string of the molecule is CC(C)(C)OC(=O)NCCNC(=O)c1cc(I)c(F)cc1Cl. The van der Waals surface area contributed by atoms with Gasteiger partial charge in [0.15, 0.2) is 0 Å². The van der Waals surface area contributed by atoms with Crippen LogP contribution in [0.4, 0.5) is 9.18 Å². The van der Waals surface area contributed by atoms with Crippen molar-refractivity contribution in [3.63, 3.8) is 0 Å². The zero-order chi connectivity index (χ0) is 16.9. The van der Waals surface area contributed by atoms with Gasteiger partial charge in [0.1, 0.15) is 11.4 Å². The molecule has 0 heterocycles. The average molecular weight is 443 g/mol. The Morgan fingerprint density at radius 1 is 1.27 bits per heavy atom. The summed E-state index contributed by atoms with van der Waals surface area (Å²) in [4.78, 5) is 23.3. The first-order valence-corrected chi connectivity index (χ1v) is 7.95. The van der Waals surface area contributed by atoms with Gasteiger partial charge in [0.25, 0.3) is 5.91 Å². The summed E-state index contributed by atoms with van der Waals surface area (Å²) >= 11 is 7.62. The molecule has 0 fully saturated rings. The molecule has 2 N–H and O–H groups in total. The molecule has 1 aromatic rings. The number of hydrogen-bond acceptors (Lipinski definition) is 3. The van der Waals surface area contributed by atoms with Gasteiger partial charge in [-0.3, -0.25) is 4.79 Å². The lowest BCUT2D eigenvalue weighted by Crippen LogP contribution is -2.37. The van der Waals surface area contributed by atoms with Crippen LogP contribution in [0.25, 0.3) is 0 Å². The minimum Gasteiger partial charge on any atom is -0.444 e. The summed E-state index contributed by atoms with van der Waals surface area (Å²) < 4.78 is 18.6. The minimum absolute atomic E-state index is 0.0375. The van der Waals surface area contributed by atoms with Crippen molar-refractivity contribution in [3.8, 4) is 0 Å². The fraction of sp³-hybridized carbons (Fsp3) is 0.429. The van der Waals surface area contributed by atoms with Crippen LogP contribution in [0.5, 0.6) is 0 Å². The molecule has 0 radical (unpaired) electrons. The van der Waals surface area contributed by atoms with Crippen LogP contribution >= 0.6 is 34.2 Å². The molecule has 0 aliphatic rings. The van der Waals surface area contributed by atoms with Crippen LogP contribution in [0.2, 0.25) is 5.02 Å². The molecule has 0 saturated heterocycles. The summed E-state index contributed by atoms with van der Waals surface area (Å²) in [6.07, 6.45) is -0.559. The third-order valence-corrected chi connectivity index (χ3v) is 3.47. The van der Waals surface area contributed by atoms with Crippen molar-refractivity contribution in [2.45, 2.75) is 26.4 Å². The highest BCUT2D eigenvalue weighted by molar-refractivity contribution is 14.1. The molecular weight excluding hydrogens is 426 g/mol. The summed E-state index contributed by atoms with van der Waals surface area (Å²) in [5.41, 5.74) is -0.393. The van der Waals surface area contributed by atoms with Crippen molar-refractivity contribution in [3.05, 3.63) is 32.1 Å². The number of nitrogens with one attached hydrogen (secondary N) is 2. The quantitative estimate of drug-likeness (QED) is 0.427. The molecule has 0 aromatic heterocycles. The Morgan fingerprint density at radius 3 is 2.45 bits per heavy atom. The van der Waals surface area contributed by atoms with E-state index >= 15 is 0 Å². The Hall–Kier alpha value is -1.09. The van der Waals surface area contributed by atoms with E-state index in [0.717, 1.165) is 6.07 Å². The molecule has 0 unspecified atom stereocenters. The van der Waals surface area contributed by atoms with E-state index in [0.29, 0.717) is 3.57 Å². The molecule has 22 heavy (non-hydrogen) atoms. The smallest absolute Gasteiger partial charge is 0.407 e. The highest BCUT2D eigenvalue weighted by atomic mass is 127. The molecule has 0 atom stereocenters. The summed E-state index contributed by atoms with van der Waals surface area (Å²) in [7, 11) is 0. The van der Waals surface area contributed by atoms with Crippen LogP contribution in [0.3, 0.4) is 0 Å². The van der Waals surface area contributed by atoms with Crippen LogP contribution < -0.4 is 10.6 Å². The number of ether oxygens (including phenoxy) is 1. The molecule has 5 nitrogen and oxygen atoms in total. The van der Waals surface area contributed by atoms with Crippen molar-refractivity contribution >= 4 is 46.2 Å². The predicted molar refractivity (Wildman–Crippen MR) is 90.7 cm³/mol. The monoisotopic (exact) mass is 442 g/mol. The number of amides is 2. The Balaban J connectivity index is 2.44. The van der Waals surface area contributed by atoms with Gasteiger partial charge in [0.05, 0.1) is 10.6 Å². The topological polar surface area (TPSA) is 67.4 Å². The number of hydrogen-bond donors (Lipinski definition) is 2. The van der Waals surface area contributed by atoms with Crippen molar-refractivity contribution in [2.24, 2.45) is 0 Å². The number of carbonyl (C=O) groups excluding carboxylic acids is 2. The molecule has 8 heteroatoms. The Labute approximate surface area is 147 Å². The Morgan fingerprint density at radius 2 is 1.86 bits per heavy atom. The summed E-state index contributed by atoms with van der Waals surface area (Å²) in [5, 5.41) is 5.13. The number of alkyl carbamates (subject to hydrolysis) is 1. The average Bonchev–Trinajstić information content (AvgIpc) is 2.36. The van der Waals surface area contributed by atoms with Crippen molar-refractivity contribution < 1.29 is 18.7 Å². The van der Waals surface area contributed by atoms with Gasteiger partial charge in [-0.05, 0) is 55.5 Å². The van der Waals surface area contributed by atoms with E-state index in [1.54, 1.807) is 43.4 Å². The van der Waals surface area contributed by atoms with E-state index < -0.39 is 23.4 Å². The second kappa shape index (κ2) is 7.96. The lowest BCUT2D eigenvalue weighted by atomic mass is 10.2. The molecule has 0 aliphatic heterocycles. The van der Waals surface area contributed by atoms with E-state index in [-0.39, 0.29) is 23.7 Å². The number of halogens is 3. The minimum atomic E-state index is -0.578. The normalized spacial score (nSPS) is 11.0. The molecule has 0 spiro atoms. The van der Waals surface area contributed by atoms with Gasteiger partial charge in [-0.2, -0.15) is 0 Å². The van der Waals surface area contributed by atoms with Gasteiger partial charge < -0.3 is 15.4 Å². The van der Waals surface area contributed by atoms with Crippen molar-refractivity contribution in [1.82, 2.24) is 10.6 Å². The maximum absolute atomic E-state index is 13.3. The highest BCUT2D eigenvalue weighted by Crippen LogP contribution is 2.21. The maximum Gasteiger partial charge on any atom is 0.407 e. The van der Waals surface area contributed by atoms with E-state index in [1.807, 2.05) is 0 Å². The molecule has 1 rings (SSSR count). The van der Waals surface area contributed by atoms with E-state index in [1.165, 1.54) is 6.07 Å². The second-order valence-electron chi connectivity index (χ2n) is 5.43. The number of benzene rings is 1. The number of carbonyl (C=O) groups is 2. The fourth-order valence-corrected chi connectivity index (χ4v) is 2.15.